The SMILES string of the molecule is CCC[CH2][Al]([CH2]CCC)[CH2]c1ccccc1C(F)(F)F. The molecule has 0 aliphatic heterocycles. The van der Waals surface area contributed by atoms with Gasteiger partial charge in [-0.2, -0.15) is 13.2 Å². The lowest BCUT2D eigenvalue weighted by Crippen LogP contribution is -2.19. The maximum absolute atomic E-state index is 13.0. The molecule has 112 valence electrons. The molecule has 20 heavy (non-hydrogen) atoms. The Morgan fingerprint density at radius 1 is 0.950 bits per heavy atom. The molecule has 0 fully saturated rings. The Morgan fingerprint density at radius 3 is 2.00 bits per heavy atom. The Hall–Kier alpha value is -0.458. The van der Waals surface area contributed by atoms with Gasteiger partial charge >= 0.3 is 6.18 Å². The van der Waals surface area contributed by atoms with Crippen molar-refractivity contribution in [2.75, 3.05) is 0 Å². The molecule has 0 atom stereocenters. The van der Waals surface area contributed by atoms with Gasteiger partial charge in [-0.1, -0.05) is 73.6 Å². The van der Waals surface area contributed by atoms with E-state index in [1.807, 2.05) is 0 Å². The lowest BCUT2D eigenvalue weighted by molar-refractivity contribution is -0.138. The van der Waals surface area contributed by atoms with Gasteiger partial charge in [0.25, 0.3) is 14.1 Å². The van der Waals surface area contributed by atoms with E-state index in [-0.39, 0.29) is 0 Å². The van der Waals surface area contributed by atoms with E-state index in [1.54, 1.807) is 12.1 Å². The van der Waals surface area contributed by atoms with Crippen LogP contribution in [0.3, 0.4) is 0 Å². The van der Waals surface area contributed by atoms with Crippen molar-refractivity contribution in [1.82, 2.24) is 0 Å². The van der Waals surface area contributed by atoms with Gasteiger partial charge in [-0.3, -0.25) is 0 Å². The molecule has 0 N–H and O–H groups in total. The summed E-state index contributed by atoms with van der Waals surface area (Å²) in [5.74, 6) is 0. The maximum atomic E-state index is 13.0. The molecule has 0 spiro atoms. The molecule has 0 aliphatic carbocycles. The van der Waals surface area contributed by atoms with E-state index in [0.29, 0.717) is 10.8 Å². The highest BCUT2D eigenvalue weighted by molar-refractivity contribution is 6.58. The van der Waals surface area contributed by atoms with Crippen molar-refractivity contribution in [3.05, 3.63) is 35.4 Å². The molecule has 1 aromatic carbocycles. The van der Waals surface area contributed by atoms with Crippen LogP contribution in [0.15, 0.2) is 24.3 Å². The van der Waals surface area contributed by atoms with Crippen LogP contribution in [0.25, 0.3) is 0 Å². The molecule has 0 bridgehead atoms. The Labute approximate surface area is 124 Å². The molecule has 0 aromatic heterocycles. The van der Waals surface area contributed by atoms with Crippen molar-refractivity contribution < 1.29 is 13.2 Å². The number of hydrogen-bond acceptors (Lipinski definition) is 0. The first-order chi connectivity index (χ1) is 9.49. The molecule has 4 heteroatoms. The molecule has 1 rings (SSSR count). The van der Waals surface area contributed by atoms with Crippen LogP contribution in [-0.4, -0.2) is 14.1 Å². The second-order valence-corrected chi connectivity index (χ2v) is 8.80. The Bertz CT molecular complexity index is 380. The van der Waals surface area contributed by atoms with E-state index in [2.05, 4.69) is 13.8 Å². The predicted molar refractivity (Wildman–Crippen MR) is 80.3 cm³/mol. The summed E-state index contributed by atoms with van der Waals surface area (Å²) in [6.45, 7) is 4.30. The van der Waals surface area contributed by atoms with Crippen LogP contribution in [0.5, 0.6) is 0 Å². The second-order valence-electron chi connectivity index (χ2n) is 5.51. The molecule has 0 saturated heterocycles. The number of halogens is 3. The second kappa shape index (κ2) is 8.75. The van der Waals surface area contributed by atoms with Gasteiger partial charge in [-0.25, -0.2) is 0 Å². The maximum Gasteiger partial charge on any atom is 0.416 e. The molecular weight excluding hydrogens is 276 g/mol. The van der Waals surface area contributed by atoms with Crippen LogP contribution in [0.1, 0.15) is 50.7 Å². The van der Waals surface area contributed by atoms with E-state index < -0.39 is 25.9 Å². The van der Waals surface area contributed by atoms with Crippen LogP contribution in [-0.2, 0) is 11.5 Å². The largest absolute Gasteiger partial charge is 0.416 e. The van der Waals surface area contributed by atoms with Gasteiger partial charge in [0.1, 0.15) is 0 Å². The van der Waals surface area contributed by atoms with Crippen LogP contribution in [0.2, 0.25) is 10.6 Å². The van der Waals surface area contributed by atoms with Gasteiger partial charge in [-0.15, -0.1) is 0 Å². The summed E-state index contributed by atoms with van der Waals surface area (Å²) < 4.78 is 39.1. The van der Waals surface area contributed by atoms with Crippen molar-refractivity contribution in [3.63, 3.8) is 0 Å². The standard InChI is InChI=1S/C8H6F3.2C4H9.Al/c1-6-4-2-3-5-7(6)8(9,10)11;2*1-3-4-2;/h2-5H,1H2;2*1,3-4H2,2H3;. The van der Waals surface area contributed by atoms with E-state index in [0.717, 1.165) is 25.7 Å². The first-order valence-corrected chi connectivity index (χ1v) is 10.1. The molecule has 0 radical (unpaired) electrons. The summed E-state index contributed by atoms with van der Waals surface area (Å²) in [6, 6.07) is 6.11. The lowest BCUT2D eigenvalue weighted by Gasteiger charge is -2.16. The third kappa shape index (κ3) is 5.89. The van der Waals surface area contributed by atoms with Crippen molar-refractivity contribution in [2.24, 2.45) is 0 Å². The minimum Gasteiger partial charge on any atom is -0.166 e. The van der Waals surface area contributed by atoms with E-state index in [4.69, 9.17) is 0 Å². The van der Waals surface area contributed by atoms with Gasteiger partial charge < -0.3 is 0 Å². The smallest absolute Gasteiger partial charge is 0.166 e. The van der Waals surface area contributed by atoms with Crippen LogP contribution >= 0.6 is 0 Å². The summed E-state index contributed by atoms with van der Waals surface area (Å²) >= 11 is -1.10. The monoisotopic (exact) mass is 300 g/mol. The quantitative estimate of drug-likeness (QED) is 0.526. The highest BCUT2D eigenvalue weighted by atomic mass is 27.2. The zero-order chi connectivity index (χ0) is 15.0. The van der Waals surface area contributed by atoms with E-state index in [9.17, 15) is 13.2 Å². The fourth-order valence-corrected chi connectivity index (χ4v) is 6.27. The average Bonchev–Trinajstić information content (AvgIpc) is 2.41. The normalized spacial score (nSPS) is 11.7. The summed E-state index contributed by atoms with van der Waals surface area (Å²) in [7, 11) is 0. The van der Waals surface area contributed by atoms with Gasteiger partial charge in [0, 0.05) is 0 Å². The Balaban J connectivity index is 2.81. The molecule has 0 amide bonds. The molecule has 0 saturated carbocycles. The number of unbranched alkanes of at least 4 members (excludes halogenated alkanes) is 2. The highest BCUT2D eigenvalue weighted by Crippen LogP contribution is 2.32. The van der Waals surface area contributed by atoms with E-state index in [1.165, 1.54) is 22.7 Å². The van der Waals surface area contributed by atoms with Gasteiger partial charge in [-0.05, 0) is 11.6 Å². The van der Waals surface area contributed by atoms with Crippen molar-refractivity contribution >= 4 is 14.1 Å². The summed E-state index contributed by atoms with van der Waals surface area (Å²) in [5.41, 5.74) is 0.0920. The van der Waals surface area contributed by atoms with Gasteiger partial charge in [0.2, 0.25) is 0 Å². The van der Waals surface area contributed by atoms with Gasteiger partial charge in [0.15, 0.2) is 0 Å². The fraction of sp³-hybridized carbons (Fsp3) is 0.625. The molecule has 0 nitrogen and oxygen atoms in total. The van der Waals surface area contributed by atoms with Gasteiger partial charge in [0.05, 0.1) is 5.56 Å². The number of rotatable bonds is 8. The number of hydrogen-bond donors (Lipinski definition) is 0. The number of alkyl halides is 3. The first kappa shape index (κ1) is 17.6. The highest BCUT2D eigenvalue weighted by Gasteiger charge is 2.33. The fourth-order valence-electron chi connectivity index (χ4n) is 2.62. The zero-order valence-corrected chi connectivity index (χ0v) is 13.6. The summed E-state index contributed by atoms with van der Waals surface area (Å²) in [6.07, 6.45) is 0.377. The third-order valence-corrected chi connectivity index (χ3v) is 7.23. The lowest BCUT2D eigenvalue weighted by atomic mass is 10.1. The summed E-state index contributed by atoms with van der Waals surface area (Å²) in [5, 5.41) is 3.03. The zero-order valence-electron chi connectivity index (χ0n) is 12.5. The molecular formula is C16H24AlF3. The molecule has 1 aromatic rings. The van der Waals surface area contributed by atoms with E-state index >= 15 is 0 Å². The minimum atomic E-state index is -4.22. The number of benzene rings is 1. The topological polar surface area (TPSA) is 0 Å². The van der Waals surface area contributed by atoms with Crippen LogP contribution in [0.4, 0.5) is 13.2 Å². The van der Waals surface area contributed by atoms with Crippen molar-refractivity contribution in [2.45, 2.75) is 61.6 Å². The summed E-state index contributed by atoms with van der Waals surface area (Å²) in [4.78, 5) is 0. The molecule has 0 unspecified atom stereocenters. The Morgan fingerprint density at radius 2 is 1.50 bits per heavy atom. The van der Waals surface area contributed by atoms with Crippen LogP contribution in [0, 0.1) is 0 Å². The van der Waals surface area contributed by atoms with Crippen molar-refractivity contribution in [1.29, 1.82) is 0 Å². The molecule has 0 aliphatic rings. The first-order valence-electron chi connectivity index (χ1n) is 7.64. The third-order valence-electron chi connectivity index (χ3n) is 3.76. The van der Waals surface area contributed by atoms with Crippen LogP contribution < -0.4 is 0 Å². The van der Waals surface area contributed by atoms with Crippen molar-refractivity contribution in [3.8, 4) is 0 Å². The Kier molecular flexibility index (Phi) is 7.69. The average molecular weight is 300 g/mol. The minimum absolute atomic E-state index is 0.425. The molecule has 0 heterocycles. The predicted octanol–water partition coefficient (Wildman–Crippen LogP) is 5.88.